The first-order valence-electron chi connectivity index (χ1n) is 10.5. The van der Waals surface area contributed by atoms with Crippen molar-refractivity contribution in [2.45, 2.75) is 31.9 Å². The maximum absolute atomic E-state index is 12.9. The first-order chi connectivity index (χ1) is 16.3. The van der Waals surface area contributed by atoms with Crippen LogP contribution in [0.15, 0.2) is 65.6 Å². The summed E-state index contributed by atoms with van der Waals surface area (Å²) in [4.78, 5) is 55.0. The van der Waals surface area contributed by atoms with Gasteiger partial charge in [0.1, 0.15) is 11.7 Å². The van der Waals surface area contributed by atoms with Crippen LogP contribution in [0.1, 0.15) is 63.5 Å². The van der Waals surface area contributed by atoms with Crippen molar-refractivity contribution in [3.8, 4) is 6.07 Å². The average Bonchev–Trinajstić information content (AvgIpc) is 2.85. The molecule has 1 aromatic heterocycles. The molecule has 0 aliphatic rings. The number of aromatic nitrogens is 2. The first-order valence-corrected chi connectivity index (χ1v) is 10.5. The molecule has 9 heteroatoms. The summed E-state index contributed by atoms with van der Waals surface area (Å²) in [5, 5.41) is 21.4. The normalized spacial score (nSPS) is 12.3. The van der Waals surface area contributed by atoms with E-state index in [9.17, 15) is 24.3 Å². The van der Waals surface area contributed by atoms with Crippen molar-refractivity contribution in [3.05, 3.63) is 99.2 Å². The minimum Gasteiger partial charge on any atom is -0.385 e. The van der Waals surface area contributed by atoms with Crippen LogP contribution >= 0.6 is 0 Å². The standard InChI is InChI=1S/C25H22N4O5/c1-15(30)20(31)11-12-21(32)23-27-14-19(25(34)29-23)24(33)28-22(17-5-3-2-4-6-17)18-9-7-16(13-26)8-10-18/h2-10,14,20,22,31H,11-12H2,1H3,(H,28,33)(H,27,29,34)/t20-,22?/m1/s1. The van der Waals surface area contributed by atoms with E-state index in [-0.39, 0.29) is 24.2 Å². The SMILES string of the molecule is CC(=O)[C@H](O)CCC(=O)c1ncc(C(=O)NC(c2ccccc2)c2ccc(C#N)cc2)c(=O)[nH]1. The van der Waals surface area contributed by atoms with Crippen LogP contribution in [0.3, 0.4) is 0 Å². The zero-order chi connectivity index (χ0) is 24.7. The molecule has 0 saturated heterocycles. The predicted octanol–water partition coefficient (Wildman–Crippen LogP) is 2.07. The number of hydrogen-bond acceptors (Lipinski definition) is 7. The number of nitriles is 1. The van der Waals surface area contributed by atoms with Gasteiger partial charge in [-0.05, 0) is 36.6 Å². The molecule has 1 unspecified atom stereocenters. The highest BCUT2D eigenvalue weighted by Gasteiger charge is 2.21. The van der Waals surface area contributed by atoms with Crippen molar-refractivity contribution in [2.75, 3.05) is 0 Å². The summed E-state index contributed by atoms with van der Waals surface area (Å²) >= 11 is 0. The number of aromatic amines is 1. The van der Waals surface area contributed by atoms with Gasteiger partial charge in [-0.25, -0.2) is 4.98 Å². The molecule has 0 aliphatic heterocycles. The van der Waals surface area contributed by atoms with Crippen LogP contribution in [0.5, 0.6) is 0 Å². The van der Waals surface area contributed by atoms with Crippen LogP contribution in [0.2, 0.25) is 0 Å². The van der Waals surface area contributed by atoms with E-state index in [1.807, 2.05) is 36.4 Å². The molecule has 0 saturated carbocycles. The molecule has 0 spiro atoms. The van der Waals surface area contributed by atoms with Gasteiger partial charge in [0.05, 0.1) is 17.7 Å². The lowest BCUT2D eigenvalue weighted by Crippen LogP contribution is -2.34. The number of rotatable bonds is 9. The summed E-state index contributed by atoms with van der Waals surface area (Å²) in [5.74, 6) is -1.98. The molecule has 3 rings (SSSR count). The number of carbonyl (C=O) groups is 3. The van der Waals surface area contributed by atoms with Gasteiger partial charge in [-0.1, -0.05) is 42.5 Å². The Morgan fingerprint density at radius 3 is 2.32 bits per heavy atom. The lowest BCUT2D eigenvalue weighted by molar-refractivity contribution is -0.125. The maximum Gasteiger partial charge on any atom is 0.264 e. The van der Waals surface area contributed by atoms with Gasteiger partial charge < -0.3 is 15.4 Å². The summed E-state index contributed by atoms with van der Waals surface area (Å²) in [7, 11) is 0. The van der Waals surface area contributed by atoms with E-state index in [0.717, 1.165) is 11.8 Å². The molecule has 3 aromatic rings. The van der Waals surface area contributed by atoms with Crippen LogP contribution < -0.4 is 10.9 Å². The fourth-order valence-electron chi connectivity index (χ4n) is 3.25. The molecule has 0 radical (unpaired) electrons. The molecule has 172 valence electrons. The Bertz CT molecular complexity index is 1290. The molecular weight excluding hydrogens is 436 g/mol. The zero-order valence-corrected chi connectivity index (χ0v) is 18.3. The lowest BCUT2D eigenvalue weighted by Gasteiger charge is -2.20. The molecule has 1 heterocycles. The molecule has 2 atom stereocenters. The van der Waals surface area contributed by atoms with Crippen LogP contribution in [-0.4, -0.2) is 38.7 Å². The van der Waals surface area contributed by atoms with Gasteiger partial charge in [0.2, 0.25) is 0 Å². The molecule has 9 nitrogen and oxygen atoms in total. The third kappa shape index (κ3) is 5.88. The molecule has 3 N–H and O–H groups in total. The van der Waals surface area contributed by atoms with Crippen molar-refractivity contribution in [1.82, 2.24) is 15.3 Å². The van der Waals surface area contributed by atoms with E-state index in [1.54, 1.807) is 24.3 Å². The monoisotopic (exact) mass is 458 g/mol. The molecular formula is C25H22N4O5. The van der Waals surface area contributed by atoms with E-state index in [4.69, 9.17) is 5.26 Å². The smallest absolute Gasteiger partial charge is 0.264 e. The Labute approximate surface area is 195 Å². The number of nitrogens with one attached hydrogen (secondary N) is 2. The molecule has 1 amide bonds. The van der Waals surface area contributed by atoms with Crippen molar-refractivity contribution < 1.29 is 19.5 Å². The highest BCUT2D eigenvalue weighted by Crippen LogP contribution is 2.22. The van der Waals surface area contributed by atoms with Gasteiger partial charge in [0.25, 0.3) is 11.5 Å². The first kappa shape index (κ1) is 24.2. The maximum atomic E-state index is 12.9. The number of hydrogen-bond donors (Lipinski definition) is 3. The summed E-state index contributed by atoms with van der Waals surface area (Å²) in [6, 6.07) is 17.3. The number of nitrogens with zero attached hydrogens (tertiary/aromatic N) is 2. The molecule has 0 aliphatic carbocycles. The van der Waals surface area contributed by atoms with Crippen LogP contribution in [0.25, 0.3) is 0 Å². The second kappa shape index (κ2) is 10.9. The minimum absolute atomic E-state index is 0.0938. The predicted molar refractivity (Wildman–Crippen MR) is 122 cm³/mol. The Hall–Kier alpha value is -4.42. The summed E-state index contributed by atoms with van der Waals surface area (Å²) < 4.78 is 0. The number of H-pyrrole nitrogens is 1. The van der Waals surface area contributed by atoms with Gasteiger partial charge in [-0.15, -0.1) is 0 Å². The van der Waals surface area contributed by atoms with Crippen LogP contribution in [0, 0.1) is 11.3 Å². The highest BCUT2D eigenvalue weighted by molar-refractivity contribution is 5.96. The van der Waals surface area contributed by atoms with Crippen molar-refractivity contribution in [2.24, 2.45) is 0 Å². The van der Waals surface area contributed by atoms with E-state index in [0.29, 0.717) is 11.1 Å². The second-order valence-electron chi connectivity index (χ2n) is 7.61. The molecule has 0 bridgehead atoms. The van der Waals surface area contributed by atoms with E-state index < -0.39 is 35.2 Å². The number of aliphatic hydroxyl groups is 1. The quantitative estimate of drug-likeness (QED) is 0.415. The number of aliphatic hydroxyl groups excluding tert-OH is 1. The van der Waals surface area contributed by atoms with Gasteiger partial charge >= 0.3 is 0 Å². The number of benzene rings is 2. The minimum atomic E-state index is -1.27. The molecule has 2 aromatic carbocycles. The van der Waals surface area contributed by atoms with E-state index >= 15 is 0 Å². The van der Waals surface area contributed by atoms with Crippen molar-refractivity contribution >= 4 is 17.5 Å². The largest absolute Gasteiger partial charge is 0.385 e. The summed E-state index contributed by atoms with van der Waals surface area (Å²) in [6.07, 6.45) is -0.533. The lowest BCUT2D eigenvalue weighted by atomic mass is 9.97. The average molecular weight is 458 g/mol. The van der Waals surface area contributed by atoms with Gasteiger partial charge in [-0.2, -0.15) is 5.26 Å². The van der Waals surface area contributed by atoms with E-state index in [2.05, 4.69) is 15.3 Å². The highest BCUT2D eigenvalue weighted by atomic mass is 16.3. The fourth-order valence-corrected chi connectivity index (χ4v) is 3.25. The molecule has 34 heavy (non-hydrogen) atoms. The Kier molecular flexibility index (Phi) is 7.79. The van der Waals surface area contributed by atoms with Gasteiger partial charge in [0.15, 0.2) is 17.4 Å². The van der Waals surface area contributed by atoms with E-state index in [1.165, 1.54) is 6.92 Å². The fraction of sp³-hybridized carbons (Fsp3) is 0.200. The second-order valence-corrected chi connectivity index (χ2v) is 7.61. The van der Waals surface area contributed by atoms with Crippen molar-refractivity contribution in [3.63, 3.8) is 0 Å². The summed E-state index contributed by atoms with van der Waals surface area (Å²) in [5.41, 5.74) is 0.864. The van der Waals surface area contributed by atoms with Crippen LogP contribution in [-0.2, 0) is 4.79 Å². The third-order valence-electron chi connectivity index (χ3n) is 5.20. The number of Topliss-reactive ketones (excluding diaryl/α,β-unsaturated/α-hetero) is 2. The molecule has 0 fully saturated rings. The number of carbonyl (C=O) groups excluding carboxylic acids is 3. The summed E-state index contributed by atoms with van der Waals surface area (Å²) in [6.45, 7) is 1.21. The topological polar surface area (TPSA) is 153 Å². The van der Waals surface area contributed by atoms with Crippen molar-refractivity contribution in [1.29, 1.82) is 5.26 Å². The Balaban J connectivity index is 1.81. The third-order valence-corrected chi connectivity index (χ3v) is 5.20. The number of ketones is 2. The Morgan fingerprint density at radius 1 is 1.09 bits per heavy atom. The zero-order valence-electron chi connectivity index (χ0n) is 18.3. The number of amides is 1. The Morgan fingerprint density at radius 2 is 1.74 bits per heavy atom. The van der Waals surface area contributed by atoms with Gasteiger partial charge in [-0.3, -0.25) is 19.2 Å². The van der Waals surface area contributed by atoms with Crippen LogP contribution in [0.4, 0.5) is 0 Å². The van der Waals surface area contributed by atoms with Gasteiger partial charge in [0, 0.05) is 12.6 Å².